The number of ether oxygens (including phenoxy) is 1. The number of hydrogen-bond acceptors (Lipinski definition) is 7. The molecule has 1 aliphatic heterocycles. The first kappa shape index (κ1) is 13.4. The van der Waals surface area contributed by atoms with E-state index in [0.29, 0.717) is 32.9 Å². The predicted octanol–water partition coefficient (Wildman–Crippen LogP) is -1.09. The van der Waals surface area contributed by atoms with Crippen molar-refractivity contribution in [2.45, 2.75) is 30.5 Å². The highest BCUT2D eigenvalue weighted by Gasteiger charge is 2.46. The molecule has 0 unspecified atom stereocenters. The van der Waals surface area contributed by atoms with Crippen LogP contribution >= 0.6 is 0 Å². The van der Waals surface area contributed by atoms with E-state index in [1.54, 1.807) is 10.9 Å². The van der Waals surface area contributed by atoms with Crippen molar-refractivity contribution in [3.05, 3.63) is 12.7 Å². The van der Waals surface area contributed by atoms with Gasteiger partial charge >= 0.3 is 0 Å². The monoisotopic (exact) mass is 293 g/mol. The Kier molecular flexibility index (Phi) is 3.20. The van der Waals surface area contributed by atoms with E-state index in [2.05, 4.69) is 15.0 Å². The number of nitrogens with zero attached hydrogens (tertiary/aromatic N) is 4. The number of fused-ring (bicyclic) bond motifs is 1. The van der Waals surface area contributed by atoms with E-state index < -0.39 is 17.6 Å². The molecule has 0 spiro atoms. The lowest BCUT2D eigenvalue weighted by Gasteiger charge is -2.29. The second-order valence-electron chi connectivity index (χ2n) is 4.69. The Morgan fingerprint density at radius 1 is 1.55 bits per heavy atom. The molecule has 3 atom stereocenters. The molecule has 20 heavy (non-hydrogen) atoms. The zero-order valence-corrected chi connectivity index (χ0v) is 11.9. The molecule has 0 aromatic carbocycles. The summed E-state index contributed by atoms with van der Waals surface area (Å²) in [5, 5.41) is 18.5. The van der Waals surface area contributed by atoms with Gasteiger partial charge in [0.2, 0.25) is 0 Å². The third-order valence-corrected chi connectivity index (χ3v) is 4.93. The van der Waals surface area contributed by atoms with E-state index in [1.807, 2.05) is 6.55 Å². The van der Waals surface area contributed by atoms with Crippen molar-refractivity contribution in [2.24, 2.45) is 0 Å². The van der Waals surface area contributed by atoms with Crippen molar-refractivity contribution in [3.63, 3.8) is 0 Å². The molecule has 9 heteroatoms. The number of rotatable bonds is 3. The van der Waals surface area contributed by atoms with Crippen LogP contribution in [0.1, 0.15) is 6.42 Å². The van der Waals surface area contributed by atoms with Gasteiger partial charge in [0.05, 0.1) is 19.0 Å². The fraction of sp³-hybridized carbons (Fsp3) is 0.545. The number of anilines is 1. The number of imidazole rings is 1. The summed E-state index contributed by atoms with van der Waals surface area (Å²) in [6.07, 6.45) is 2.03. The van der Waals surface area contributed by atoms with E-state index in [1.165, 1.54) is 6.33 Å². The molecule has 0 bridgehead atoms. The topological polar surface area (TPSA) is 119 Å². The lowest BCUT2D eigenvalue weighted by Crippen LogP contribution is -2.39. The Labute approximate surface area is 117 Å². The van der Waals surface area contributed by atoms with Gasteiger partial charge in [0.15, 0.2) is 11.5 Å². The van der Waals surface area contributed by atoms with Crippen LogP contribution in [0.15, 0.2) is 12.7 Å². The first-order valence-corrected chi connectivity index (χ1v) is 7.71. The van der Waals surface area contributed by atoms with Crippen LogP contribution in [0.5, 0.6) is 0 Å². The molecule has 8 nitrogen and oxygen atoms in total. The summed E-state index contributed by atoms with van der Waals surface area (Å²) in [4.78, 5) is 12.3. The van der Waals surface area contributed by atoms with Gasteiger partial charge in [-0.2, -0.15) is 0 Å². The highest BCUT2D eigenvalue weighted by atomic mass is 28.2. The average molecular weight is 293 g/mol. The summed E-state index contributed by atoms with van der Waals surface area (Å²) in [7, 11) is 0.340. The lowest BCUT2D eigenvalue weighted by atomic mass is 10.2. The van der Waals surface area contributed by atoms with Gasteiger partial charge in [-0.15, -0.1) is 0 Å². The fourth-order valence-electron chi connectivity index (χ4n) is 2.50. The van der Waals surface area contributed by atoms with Crippen LogP contribution < -0.4 is 5.73 Å². The van der Waals surface area contributed by atoms with Crippen molar-refractivity contribution in [3.8, 4) is 0 Å². The molecular formula is C11H15N5O3Si. The van der Waals surface area contributed by atoms with E-state index in [9.17, 15) is 10.2 Å². The van der Waals surface area contributed by atoms with E-state index >= 15 is 0 Å². The molecule has 2 aromatic rings. The van der Waals surface area contributed by atoms with Gasteiger partial charge in [-0.1, -0.05) is 6.55 Å². The first-order chi connectivity index (χ1) is 9.61. The second-order valence-corrected chi connectivity index (χ2v) is 5.97. The quantitative estimate of drug-likeness (QED) is 0.615. The first-order valence-electron chi connectivity index (χ1n) is 6.21. The van der Waals surface area contributed by atoms with Gasteiger partial charge in [0.25, 0.3) is 0 Å². The Morgan fingerprint density at radius 2 is 2.35 bits per heavy atom. The normalized spacial score (nSPS) is 30.1. The molecule has 0 saturated carbocycles. The molecule has 106 valence electrons. The third kappa shape index (κ3) is 1.82. The van der Waals surface area contributed by atoms with Crippen LogP contribution in [0.2, 0.25) is 6.55 Å². The van der Waals surface area contributed by atoms with Gasteiger partial charge < -0.3 is 20.7 Å². The molecule has 1 fully saturated rings. The van der Waals surface area contributed by atoms with Crippen molar-refractivity contribution in [1.82, 2.24) is 19.5 Å². The third-order valence-electron chi connectivity index (χ3n) is 3.58. The minimum atomic E-state index is -0.748. The number of aliphatic hydroxyl groups excluding tert-OH is 2. The maximum absolute atomic E-state index is 10.0. The predicted molar refractivity (Wildman–Crippen MR) is 71.9 cm³/mol. The molecular weight excluding hydrogens is 278 g/mol. The fourth-order valence-corrected chi connectivity index (χ4v) is 3.59. The number of nitrogens with two attached hydrogens (primary N) is 1. The molecule has 3 heterocycles. The molecule has 2 aromatic heterocycles. The largest absolute Gasteiger partial charge is 0.394 e. The SMILES string of the molecule is C[Si][C@]1(n2cnc3c(N)ncnc32)C[C@H](O)[C@@H](CO)O1. The smallest absolute Gasteiger partial charge is 0.167 e. The number of aliphatic hydroxyl groups is 2. The zero-order valence-electron chi connectivity index (χ0n) is 10.9. The summed E-state index contributed by atoms with van der Waals surface area (Å²) in [6, 6.07) is 0. The van der Waals surface area contributed by atoms with Crippen LogP contribution in [-0.2, 0) is 10.1 Å². The van der Waals surface area contributed by atoms with E-state index in [-0.39, 0.29) is 6.61 Å². The molecule has 3 rings (SSSR count). The number of nitrogen functional groups attached to an aromatic ring is 1. The van der Waals surface area contributed by atoms with Crippen LogP contribution in [0.4, 0.5) is 5.82 Å². The molecule has 4 N–H and O–H groups in total. The maximum atomic E-state index is 10.0. The van der Waals surface area contributed by atoms with Crippen molar-refractivity contribution < 1.29 is 14.9 Å². The van der Waals surface area contributed by atoms with E-state index in [0.717, 1.165) is 0 Å². The Morgan fingerprint density at radius 3 is 3.00 bits per heavy atom. The zero-order chi connectivity index (χ0) is 14.3. The molecule has 0 amide bonds. The van der Waals surface area contributed by atoms with Gasteiger partial charge in [0, 0.05) is 6.42 Å². The minimum absolute atomic E-state index is 0.225. The molecule has 0 aliphatic carbocycles. The number of aromatic nitrogens is 4. The molecule has 1 saturated heterocycles. The molecule has 2 radical (unpaired) electrons. The van der Waals surface area contributed by atoms with Gasteiger partial charge in [0.1, 0.15) is 32.8 Å². The standard InChI is InChI=1S/C11H15N5O3Si/c1-20-11(2-6(18)7(3-17)19-11)16-5-15-8-9(12)13-4-14-10(8)16/h4-7,17-18H,2-3H2,1H3,(H2,12,13,14)/t6-,7+,11-/m0/s1. The van der Waals surface area contributed by atoms with Crippen LogP contribution in [0, 0.1) is 0 Å². The summed E-state index contributed by atoms with van der Waals surface area (Å²) >= 11 is 0. The summed E-state index contributed by atoms with van der Waals surface area (Å²) < 4.78 is 7.66. The Balaban J connectivity index is 2.11. The average Bonchev–Trinajstić information content (AvgIpc) is 3.01. The van der Waals surface area contributed by atoms with Crippen LogP contribution in [0.25, 0.3) is 11.2 Å². The number of hydrogen-bond donors (Lipinski definition) is 3. The Hall–Kier alpha value is -1.55. The second kappa shape index (κ2) is 4.77. The van der Waals surface area contributed by atoms with Crippen molar-refractivity contribution in [2.75, 3.05) is 12.3 Å². The van der Waals surface area contributed by atoms with Gasteiger partial charge in [-0.05, 0) is 0 Å². The highest BCUT2D eigenvalue weighted by molar-refractivity contribution is 6.36. The van der Waals surface area contributed by atoms with Crippen LogP contribution in [0.3, 0.4) is 0 Å². The van der Waals surface area contributed by atoms with Crippen molar-refractivity contribution >= 4 is 26.5 Å². The maximum Gasteiger partial charge on any atom is 0.167 e. The van der Waals surface area contributed by atoms with Crippen LogP contribution in [-0.4, -0.2) is 58.1 Å². The lowest BCUT2D eigenvalue weighted by molar-refractivity contribution is -0.0679. The van der Waals surface area contributed by atoms with Gasteiger partial charge in [-0.25, -0.2) is 15.0 Å². The van der Waals surface area contributed by atoms with Gasteiger partial charge in [-0.3, -0.25) is 4.57 Å². The summed E-state index contributed by atoms with van der Waals surface area (Å²) in [6.45, 7) is 1.75. The Bertz CT molecular complexity index is 636. The molecule has 1 aliphatic rings. The van der Waals surface area contributed by atoms with Crippen molar-refractivity contribution in [1.29, 1.82) is 0 Å². The minimum Gasteiger partial charge on any atom is -0.394 e. The highest BCUT2D eigenvalue weighted by Crippen LogP contribution is 2.36. The van der Waals surface area contributed by atoms with E-state index in [4.69, 9.17) is 10.5 Å². The summed E-state index contributed by atoms with van der Waals surface area (Å²) in [5.41, 5.74) is 6.86. The summed E-state index contributed by atoms with van der Waals surface area (Å²) in [5.74, 6) is 0.306.